The lowest BCUT2D eigenvalue weighted by Gasteiger charge is -2.19. The molecular formula is C11H14ClNO2. The molecule has 0 atom stereocenters. The zero-order valence-electron chi connectivity index (χ0n) is 8.35. The molecule has 15 heavy (non-hydrogen) atoms. The Bertz CT molecular complexity index is 348. The molecule has 0 radical (unpaired) electrons. The first-order valence-electron chi connectivity index (χ1n) is 4.86. The third-order valence-electron chi connectivity index (χ3n) is 2.58. The quantitative estimate of drug-likeness (QED) is 0.844. The van der Waals surface area contributed by atoms with Crippen molar-refractivity contribution in [1.29, 1.82) is 0 Å². The molecule has 0 aromatic heterocycles. The first-order chi connectivity index (χ1) is 6.79. The lowest BCUT2D eigenvalue weighted by molar-refractivity contribution is 0.0697. The van der Waals surface area contributed by atoms with E-state index in [1.807, 2.05) is 12.1 Å². The number of carboxylic acids is 1. The predicted molar refractivity (Wildman–Crippen MR) is 62.1 cm³/mol. The van der Waals surface area contributed by atoms with Crippen LogP contribution in [0.1, 0.15) is 23.2 Å². The summed E-state index contributed by atoms with van der Waals surface area (Å²) in [5.74, 6) is -0.840. The highest BCUT2D eigenvalue weighted by Crippen LogP contribution is 2.24. The van der Waals surface area contributed by atoms with Gasteiger partial charge in [-0.2, -0.15) is 0 Å². The minimum absolute atomic E-state index is 0. The van der Waals surface area contributed by atoms with Gasteiger partial charge in [-0.3, -0.25) is 0 Å². The minimum Gasteiger partial charge on any atom is -0.478 e. The van der Waals surface area contributed by atoms with Gasteiger partial charge in [-0.15, -0.1) is 12.4 Å². The zero-order valence-corrected chi connectivity index (χ0v) is 9.17. The van der Waals surface area contributed by atoms with Crippen LogP contribution in [0.25, 0.3) is 0 Å². The van der Waals surface area contributed by atoms with Crippen LogP contribution in [0.4, 0.5) is 5.69 Å². The maximum Gasteiger partial charge on any atom is 0.337 e. The third kappa shape index (κ3) is 2.42. The van der Waals surface area contributed by atoms with Crippen LogP contribution in [0.5, 0.6) is 0 Å². The number of carbonyl (C=O) groups is 1. The SMILES string of the molecule is Cl.O=C(O)c1ccccc1N1CCCC1. The lowest BCUT2D eigenvalue weighted by Crippen LogP contribution is -2.20. The Balaban J connectivity index is 0.00000112. The van der Waals surface area contributed by atoms with Crippen molar-refractivity contribution in [3.05, 3.63) is 29.8 Å². The van der Waals surface area contributed by atoms with Gasteiger partial charge in [0.05, 0.1) is 11.3 Å². The van der Waals surface area contributed by atoms with Gasteiger partial charge in [-0.1, -0.05) is 12.1 Å². The fourth-order valence-electron chi connectivity index (χ4n) is 1.89. The first kappa shape index (κ1) is 11.9. The van der Waals surface area contributed by atoms with Gasteiger partial charge in [-0.25, -0.2) is 4.79 Å². The molecule has 1 aromatic rings. The second-order valence-electron chi connectivity index (χ2n) is 3.52. The van der Waals surface area contributed by atoms with E-state index >= 15 is 0 Å². The fourth-order valence-corrected chi connectivity index (χ4v) is 1.89. The molecule has 1 aliphatic heterocycles. The van der Waals surface area contributed by atoms with Crippen molar-refractivity contribution < 1.29 is 9.90 Å². The van der Waals surface area contributed by atoms with Crippen molar-refractivity contribution in [3.8, 4) is 0 Å². The Morgan fingerprint density at radius 1 is 1.20 bits per heavy atom. The van der Waals surface area contributed by atoms with Crippen LogP contribution in [0, 0.1) is 0 Å². The van der Waals surface area contributed by atoms with Crippen LogP contribution >= 0.6 is 12.4 Å². The average molecular weight is 228 g/mol. The van der Waals surface area contributed by atoms with Gasteiger partial charge in [0.15, 0.2) is 0 Å². The van der Waals surface area contributed by atoms with Crippen molar-refractivity contribution in [3.63, 3.8) is 0 Å². The molecule has 0 spiro atoms. The standard InChI is InChI=1S/C11H13NO2.ClH/c13-11(14)9-5-1-2-6-10(9)12-7-3-4-8-12;/h1-2,5-6H,3-4,7-8H2,(H,13,14);1H. The van der Waals surface area contributed by atoms with Crippen LogP contribution in [-0.4, -0.2) is 24.2 Å². The number of hydrogen-bond acceptors (Lipinski definition) is 2. The number of nitrogens with zero attached hydrogens (tertiary/aromatic N) is 1. The normalized spacial score (nSPS) is 14.8. The number of rotatable bonds is 2. The Morgan fingerprint density at radius 3 is 2.40 bits per heavy atom. The number of benzene rings is 1. The van der Waals surface area contributed by atoms with E-state index in [0.717, 1.165) is 31.6 Å². The summed E-state index contributed by atoms with van der Waals surface area (Å²) in [5.41, 5.74) is 1.27. The maximum absolute atomic E-state index is 11.0. The molecule has 1 aromatic carbocycles. The number of halogens is 1. The summed E-state index contributed by atoms with van der Waals surface area (Å²) in [7, 11) is 0. The van der Waals surface area contributed by atoms with Gasteiger partial charge in [-0.05, 0) is 25.0 Å². The summed E-state index contributed by atoms with van der Waals surface area (Å²) in [6, 6.07) is 7.20. The van der Waals surface area contributed by atoms with Crippen molar-refractivity contribution in [2.24, 2.45) is 0 Å². The Labute approximate surface area is 95.1 Å². The van der Waals surface area contributed by atoms with E-state index in [4.69, 9.17) is 5.11 Å². The largest absolute Gasteiger partial charge is 0.478 e. The summed E-state index contributed by atoms with van der Waals surface area (Å²) >= 11 is 0. The molecule has 3 nitrogen and oxygen atoms in total. The Hall–Kier alpha value is -1.22. The van der Waals surface area contributed by atoms with Crippen LogP contribution in [0.3, 0.4) is 0 Å². The Morgan fingerprint density at radius 2 is 1.80 bits per heavy atom. The third-order valence-corrected chi connectivity index (χ3v) is 2.58. The number of anilines is 1. The van der Waals surface area contributed by atoms with E-state index in [1.165, 1.54) is 0 Å². The van der Waals surface area contributed by atoms with E-state index in [9.17, 15) is 4.79 Å². The van der Waals surface area contributed by atoms with E-state index < -0.39 is 5.97 Å². The molecule has 1 fully saturated rings. The molecule has 0 unspecified atom stereocenters. The molecule has 0 aliphatic carbocycles. The van der Waals surface area contributed by atoms with Gasteiger partial charge in [0.1, 0.15) is 0 Å². The van der Waals surface area contributed by atoms with Crippen molar-refractivity contribution in [2.75, 3.05) is 18.0 Å². The number of carboxylic acid groups (broad SMARTS) is 1. The average Bonchev–Trinajstić information content (AvgIpc) is 2.70. The summed E-state index contributed by atoms with van der Waals surface area (Å²) in [4.78, 5) is 13.1. The second-order valence-corrected chi connectivity index (χ2v) is 3.52. The molecule has 1 N–H and O–H groups in total. The number of aromatic carboxylic acids is 1. The van der Waals surface area contributed by atoms with Gasteiger partial charge < -0.3 is 10.0 Å². The molecule has 0 amide bonds. The topological polar surface area (TPSA) is 40.5 Å². The number of hydrogen-bond donors (Lipinski definition) is 1. The van der Waals surface area contributed by atoms with Crippen LogP contribution < -0.4 is 4.90 Å². The highest BCUT2D eigenvalue weighted by atomic mass is 35.5. The highest BCUT2D eigenvalue weighted by molar-refractivity contribution is 5.94. The van der Waals surface area contributed by atoms with E-state index in [2.05, 4.69) is 4.90 Å². The summed E-state index contributed by atoms with van der Waals surface area (Å²) < 4.78 is 0. The summed E-state index contributed by atoms with van der Waals surface area (Å²) in [6.45, 7) is 1.95. The molecular weight excluding hydrogens is 214 g/mol. The molecule has 0 saturated carbocycles. The molecule has 1 saturated heterocycles. The maximum atomic E-state index is 11.0. The highest BCUT2D eigenvalue weighted by Gasteiger charge is 2.17. The predicted octanol–water partition coefficient (Wildman–Crippen LogP) is 2.41. The lowest BCUT2D eigenvalue weighted by atomic mass is 10.1. The van der Waals surface area contributed by atoms with Crippen molar-refractivity contribution in [1.82, 2.24) is 0 Å². The van der Waals surface area contributed by atoms with E-state index in [1.54, 1.807) is 12.1 Å². The second kappa shape index (κ2) is 5.03. The van der Waals surface area contributed by atoms with Gasteiger partial charge in [0, 0.05) is 13.1 Å². The van der Waals surface area contributed by atoms with Gasteiger partial charge in [0.2, 0.25) is 0 Å². The molecule has 82 valence electrons. The monoisotopic (exact) mass is 227 g/mol. The summed E-state index contributed by atoms with van der Waals surface area (Å²) in [5, 5.41) is 9.00. The van der Waals surface area contributed by atoms with Crippen LogP contribution in [0.15, 0.2) is 24.3 Å². The van der Waals surface area contributed by atoms with Gasteiger partial charge in [0.25, 0.3) is 0 Å². The Kier molecular flexibility index (Phi) is 3.97. The van der Waals surface area contributed by atoms with Crippen LogP contribution in [-0.2, 0) is 0 Å². The fraction of sp³-hybridized carbons (Fsp3) is 0.364. The van der Waals surface area contributed by atoms with E-state index in [-0.39, 0.29) is 12.4 Å². The zero-order chi connectivity index (χ0) is 9.97. The van der Waals surface area contributed by atoms with Crippen molar-refractivity contribution in [2.45, 2.75) is 12.8 Å². The summed E-state index contributed by atoms with van der Waals surface area (Å²) in [6.07, 6.45) is 2.32. The minimum atomic E-state index is -0.840. The smallest absolute Gasteiger partial charge is 0.337 e. The first-order valence-corrected chi connectivity index (χ1v) is 4.86. The molecule has 1 heterocycles. The van der Waals surface area contributed by atoms with Crippen molar-refractivity contribution >= 4 is 24.1 Å². The van der Waals surface area contributed by atoms with E-state index in [0.29, 0.717) is 5.56 Å². The molecule has 2 rings (SSSR count). The van der Waals surface area contributed by atoms with Gasteiger partial charge >= 0.3 is 5.97 Å². The number of para-hydroxylation sites is 1. The molecule has 4 heteroatoms. The molecule has 1 aliphatic rings. The van der Waals surface area contributed by atoms with Crippen LogP contribution in [0.2, 0.25) is 0 Å². The molecule has 0 bridgehead atoms.